The van der Waals surface area contributed by atoms with Crippen molar-refractivity contribution in [1.82, 2.24) is 15.2 Å². The lowest BCUT2D eigenvalue weighted by Crippen LogP contribution is -2.39. The topological polar surface area (TPSA) is 62.3 Å². The van der Waals surface area contributed by atoms with E-state index in [1.165, 1.54) is 5.56 Å². The van der Waals surface area contributed by atoms with Gasteiger partial charge in [-0.25, -0.2) is 4.98 Å². The Balaban J connectivity index is 1.64. The quantitative estimate of drug-likeness (QED) is 0.825. The van der Waals surface area contributed by atoms with Crippen LogP contribution in [0.25, 0.3) is 0 Å². The average Bonchev–Trinajstić information content (AvgIpc) is 3.16. The number of hydrogen-bond donors (Lipinski definition) is 1. The molecule has 1 aliphatic rings. The molecule has 3 rings (SSSR count). The lowest BCUT2D eigenvalue weighted by Gasteiger charge is -2.32. The van der Waals surface area contributed by atoms with E-state index in [2.05, 4.69) is 12.2 Å². The smallest absolute Gasteiger partial charge is 0.253 e. The summed E-state index contributed by atoms with van der Waals surface area (Å²) in [4.78, 5) is 31.4. The van der Waals surface area contributed by atoms with Gasteiger partial charge in [0.1, 0.15) is 0 Å². The van der Waals surface area contributed by atoms with E-state index in [0.29, 0.717) is 13.1 Å². The number of benzene rings is 1. The zero-order valence-corrected chi connectivity index (χ0v) is 17.9. The van der Waals surface area contributed by atoms with E-state index in [4.69, 9.17) is 4.98 Å². The van der Waals surface area contributed by atoms with Crippen molar-refractivity contribution >= 4 is 23.2 Å². The molecule has 1 atom stereocenters. The van der Waals surface area contributed by atoms with Crippen molar-refractivity contribution < 1.29 is 9.59 Å². The minimum Gasteiger partial charge on any atom is -0.350 e. The number of hydrogen-bond acceptors (Lipinski definition) is 4. The maximum Gasteiger partial charge on any atom is 0.253 e. The maximum absolute atomic E-state index is 12.9. The van der Waals surface area contributed by atoms with Gasteiger partial charge in [0.15, 0.2) is 0 Å². The van der Waals surface area contributed by atoms with Gasteiger partial charge >= 0.3 is 0 Å². The minimum absolute atomic E-state index is 0.0265. The van der Waals surface area contributed by atoms with E-state index >= 15 is 0 Å². The van der Waals surface area contributed by atoms with Crippen LogP contribution in [0.2, 0.25) is 0 Å². The number of carbonyl (C=O) groups is 2. The summed E-state index contributed by atoms with van der Waals surface area (Å²) in [6, 6.07) is 5.93. The van der Waals surface area contributed by atoms with Crippen LogP contribution in [0, 0.1) is 19.8 Å². The Kier molecular flexibility index (Phi) is 6.50. The first kappa shape index (κ1) is 20.5. The molecule has 0 bridgehead atoms. The fraction of sp³-hybridized carbons (Fsp3) is 0.500. The van der Waals surface area contributed by atoms with Gasteiger partial charge in [-0.1, -0.05) is 19.9 Å². The number of nitrogens with one attached hydrogen (secondary N) is 1. The Labute approximate surface area is 171 Å². The van der Waals surface area contributed by atoms with E-state index < -0.39 is 0 Å². The van der Waals surface area contributed by atoms with Crippen LogP contribution in [-0.2, 0) is 11.3 Å². The lowest BCUT2D eigenvalue weighted by atomic mass is 9.97. The van der Waals surface area contributed by atoms with E-state index in [1.807, 2.05) is 49.3 Å². The molecule has 2 amide bonds. The van der Waals surface area contributed by atoms with Gasteiger partial charge in [0.05, 0.1) is 17.2 Å². The Hall–Kier alpha value is -2.21. The lowest BCUT2D eigenvalue weighted by molar-refractivity contribution is -0.124. The summed E-state index contributed by atoms with van der Waals surface area (Å²) < 4.78 is 0. The van der Waals surface area contributed by atoms with Crippen molar-refractivity contribution in [1.29, 1.82) is 0 Å². The standard InChI is InChI=1S/C22H29N3O2S/c1-14(2)20(26)23-11-19-13-28-21(24-19)18-6-5-9-25(12-18)22(27)17-8-7-15(3)16(4)10-17/h7-8,10,13-14,18H,5-6,9,11-12H2,1-4H3,(H,23,26). The molecule has 1 unspecified atom stereocenters. The molecule has 1 saturated heterocycles. The van der Waals surface area contributed by atoms with Gasteiger partial charge < -0.3 is 10.2 Å². The minimum atomic E-state index is -0.0265. The van der Waals surface area contributed by atoms with E-state index in [0.717, 1.165) is 41.2 Å². The summed E-state index contributed by atoms with van der Waals surface area (Å²) in [6.07, 6.45) is 2.03. The Morgan fingerprint density at radius 2 is 2.07 bits per heavy atom. The van der Waals surface area contributed by atoms with Gasteiger partial charge in [0.25, 0.3) is 5.91 Å². The first-order chi connectivity index (χ1) is 13.3. The molecule has 28 heavy (non-hydrogen) atoms. The van der Waals surface area contributed by atoms with Crippen LogP contribution in [0.1, 0.15) is 64.8 Å². The van der Waals surface area contributed by atoms with Crippen LogP contribution < -0.4 is 5.32 Å². The van der Waals surface area contributed by atoms with Crippen molar-refractivity contribution in [2.75, 3.05) is 13.1 Å². The Morgan fingerprint density at radius 1 is 1.29 bits per heavy atom. The van der Waals surface area contributed by atoms with Gasteiger partial charge in [0, 0.05) is 35.9 Å². The van der Waals surface area contributed by atoms with Crippen molar-refractivity contribution in [3.05, 3.63) is 51.0 Å². The molecule has 1 aromatic heterocycles. The Morgan fingerprint density at radius 3 is 2.79 bits per heavy atom. The highest BCUT2D eigenvalue weighted by atomic mass is 32.1. The van der Waals surface area contributed by atoms with Crippen molar-refractivity contribution in [3.8, 4) is 0 Å². The predicted octanol–water partition coefficient (Wildman–Crippen LogP) is 4.05. The molecule has 0 radical (unpaired) electrons. The van der Waals surface area contributed by atoms with Crippen molar-refractivity contribution in [2.45, 2.75) is 53.0 Å². The molecule has 1 aliphatic heterocycles. The molecule has 5 nitrogen and oxygen atoms in total. The van der Waals surface area contributed by atoms with Crippen LogP contribution in [0.4, 0.5) is 0 Å². The molecule has 6 heteroatoms. The third-order valence-corrected chi connectivity index (χ3v) is 6.41. The first-order valence-electron chi connectivity index (χ1n) is 9.93. The molecular weight excluding hydrogens is 370 g/mol. The number of amides is 2. The summed E-state index contributed by atoms with van der Waals surface area (Å²) in [5.74, 6) is 0.386. The van der Waals surface area contributed by atoms with Crippen LogP contribution in [0.3, 0.4) is 0 Å². The van der Waals surface area contributed by atoms with Crippen LogP contribution >= 0.6 is 11.3 Å². The summed E-state index contributed by atoms with van der Waals surface area (Å²) in [5, 5.41) is 5.99. The molecule has 1 aromatic carbocycles. The number of nitrogens with zero attached hydrogens (tertiary/aromatic N) is 2. The average molecular weight is 400 g/mol. The van der Waals surface area contributed by atoms with Crippen molar-refractivity contribution in [3.63, 3.8) is 0 Å². The second-order valence-corrected chi connectivity index (χ2v) is 8.83. The molecule has 2 aromatic rings. The fourth-order valence-electron chi connectivity index (χ4n) is 3.39. The third kappa shape index (κ3) is 4.79. The number of rotatable bonds is 5. The molecule has 1 N–H and O–H groups in total. The summed E-state index contributed by atoms with van der Waals surface area (Å²) >= 11 is 1.63. The zero-order valence-electron chi connectivity index (χ0n) is 17.1. The molecule has 2 heterocycles. The van der Waals surface area contributed by atoms with Crippen LogP contribution in [0.5, 0.6) is 0 Å². The molecule has 0 spiro atoms. The van der Waals surface area contributed by atoms with Gasteiger partial charge in [-0.05, 0) is 49.9 Å². The molecule has 0 saturated carbocycles. The third-order valence-electron chi connectivity index (χ3n) is 5.35. The maximum atomic E-state index is 12.9. The highest BCUT2D eigenvalue weighted by Crippen LogP contribution is 2.30. The number of carbonyl (C=O) groups excluding carboxylic acids is 2. The highest BCUT2D eigenvalue weighted by Gasteiger charge is 2.27. The Bertz CT molecular complexity index is 859. The normalized spacial score (nSPS) is 17.0. The van der Waals surface area contributed by atoms with E-state index in [1.54, 1.807) is 11.3 Å². The van der Waals surface area contributed by atoms with Gasteiger partial charge in [0.2, 0.25) is 5.91 Å². The van der Waals surface area contributed by atoms with Gasteiger partial charge in [-0.2, -0.15) is 0 Å². The van der Waals surface area contributed by atoms with Crippen LogP contribution in [0.15, 0.2) is 23.6 Å². The summed E-state index contributed by atoms with van der Waals surface area (Å²) in [7, 11) is 0. The number of aryl methyl sites for hydroxylation is 2. The molecule has 150 valence electrons. The molecule has 0 aliphatic carbocycles. The number of piperidine rings is 1. The summed E-state index contributed by atoms with van der Waals surface area (Å²) in [5.41, 5.74) is 4.01. The van der Waals surface area contributed by atoms with E-state index in [9.17, 15) is 9.59 Å². The first-order valence-corrected chi connectivity index (χ1v) is 10.8. The summed E-state index contributed by atoms with van der Waals surface area (Å²) in [6.45, 7) is 9.83. The predicted molar refractivity (Wildman–Crippen MR) is 113 cm³/mol. The van der Waals surface area contributed by atoms with E-state index in [-0.39, 0.29) is 23.7 Å². The van der Waals surface area contributed by atoms with Crippen molar-refractivity contribution in [2.24, 2.45) is 5.92 Å². The number of aromatic nitrogens is 1. The largest absolute Gasteiger partial charge is 0.350 e. The van der Waals surface area contributed by atoms with Gasteiger partial charge in [-0.15, -0.1) is 11.3 Å². The molecule has 1 fully saturated rings. The monoisotopic (exact) mass is 399 g/mol. The van der Waals surface area contributed by atoms with Gasteiger partial charge in [-0.3, -0.25) is 9.59 Å². The molecular formula is C22H29N3O2S. The SMILES string of the molecule is Cc1ccc(C(=O)N2CCCC(c3nc(CNC(=O)C(C)C)cs3)C2)cc1C. The second-order valence-electron chi connectivity index (χ2n) is 7.94. The number of thiazole rings is 1. The second kappa shape index (κ2) is 8.86. The highest BCUT2D eigenvalue weighted by molar-refractivity contribution is 7.09. The fourth-order valence-corrected chi connectivity index (χ4v) is 4.34. The number of likely N-dealkylation sites (tertiary alicyclic amines) is 1. The zero-order chi connectivity index (χ0) is 20.3. The van der Waals surface area contributed by atoms with Crippen LogP contribution in [-0.4, -0.2) is 34.8 Å².